The first kappa shape index (κ1) is 24.3. The second kappa shape index (κ2) is 11.5. The predicted octanol–water partition coefficient (Wildman–Crippen LogP) is 6.61. The number of nitrogens with one attached hydrogen (secondary N) is 2. The summed E-state index contributed by atoms with van der Waals surface area (Å²) in [6, 6.07) is 9.43. The average Bonchev–Trinajstić information content (AvgIpc) is 3.09. The summed E-state index contributed by atoms with van der Waals surface area (Å²) >= 11 is 0.986. The highest BCUT2D eigenvalue weighted by Gasteiger charge is 2.29. The van der Waals surface area contributed by atoms with Crippen molar-refractivity contribution in [3.05, 3.63) is 40.3 Å². The van der Waals surface area contributed by atoms with E-state index in [1.54, 1.807) is 0 Å². The molecule has 2 amide bonds. The van der Waals surface area contributed by atoms with Crippen molar-refractivity contribution in [3.8, 4) is 0 Å². The molecule has 2 aliphatic carbocycles. The lowest BCUT2D eigenvalue weighted by Crippen LogP contribution is -2.40. The van der Waals surface area contributed by atoms with Gasteiger partial charge in [0.25, 0.3) is 11.1 Å². The molecular formula is C25H35ClN2O2S. The van der Waals surface area contributed by atoms with Crippen LogP contribution in [-0.4, -0.2) is 17.2 Å². The first-order valence-corrected chi connectivity index (χ1v) is 12.5. The highest BCUT2D eigenvalue weighted by molar-refractivity contribution is 8.18. The largest absolute Gasteiger partial charge is 0.307 e. The zero-order chi connectivity index (χ0) is 20.9. The van der Waals surface area contributed by atoms with E-state index in [9.17, 15) is 9.59 Å². The molecule has 1 heterocycles. The molecule has 170 valence electrons. The third-order valence-corrected chi connectivity index (χ3v) is 7.94. The Morgan fingerprint density at radius 2 is 1.65 bits per heavy atom. The number of imide groups is 1. The van der Waals surface area contributed by atoms with Gasteiger partial charge in [0.05, 0.1) is 4.91 Å². The fraction of sp³-hybridized carbons (Fsp3) is 0.600. The van der Waals surface area contributed by atoms with Gasteiger partial charge < -0.3 is 5.32 Å². The number of carbonyl (C=O) groups is 2. The molecule has 0 aromatic heterocycles. The highest BCUT2D eigenvalue weighted by atomic mass is 35.5. The Morgan fingerprint density at radius 1 is 1.00 bits per heavy atom. The molecule has 1 aromatic rings. The number of rotatable bonds is 6. The van der Waals surface area contributed by atoms with Gasteiger partial charge in [0, 0.05) is 12.1 Å². The Balaban J connectivity index is 0.00000272. The molecule has 3 aliphatic rings. The fourth-order valence-electron chi connectivity index (χ4n) is 5.44. The van der Waals surface area contributed by atoms with E-state index in [0.717, 1.165) is 23.2 Å². The maximum Gasteiger partial charge on any atom is 0.290 e. The maximum absolute atomic E-state index is 11.9. The van der Waals surface area contributed by atoms with Gasteiger partial charge in [-0.1, -0.05) is 62.8 Å². The molecular weight excluding hydrogens is 428 g/mol. The molecule has 1 saturated heterocycles. The Morgan fingerprint density at radius 3 is 2.26 bits per heavy atom. The van der Waals surface area contributed by atoms with Gasteiger partial charge in [-0.25, -0.2) is 0 Å². The Hall–Kier alpha value is -1.30. The van der Waals surface area contributed by atoms with Gasteiger partial charge in [-0.2, -0.15) is 0 Å². The van der Waals surface area contributed by atoms with Crippen LogP contribution < -0.4 is 10.6 Å². The van der Waals surface area contributed by atoms with Crippen LogP contribution in [0.2, 0.25) is 0 Å². The number of hydrogen-bond donors (Lipinski definition) is 2. The number of halogens is 1. The zero-order valence-corrected chi connectivity index (χ0v) is 20.0. The van der Waals surface area contributed by atoms with Crippen molar-refractivity contribution >= 4 is 41.4 Å². The first-order valence-electron chi connectivity index (χ1n) is 11.7. The van der Waals surface area contributed by atoms with E-state index in [1.807, 2.05) is 12.1 Å². The molecule has 2 N–H and O–H groups in total. The second-order valence-electron chi connectivity index (χ2n) is 9.25. The number of carbonyl (C=O) groups excluding carboxylic acids is 2. The van der Waals surface area contributed by atoms with Crippen molar-refractivity contribution in [2.45, 2.75) is 83.2 Å². The third kappa shape index (κ3) is 6.36. The van der Waals surface area contributed by atoms with Crippen molar-refractivity contribution in [3.63, 3.8) is 0 Å². The lowest BCUT2D eigenvalue weighted by atomic mass is 9.79. The quantitative estimate of drug-likeness (QED) is 0.467. The van der Waals surface area contributed by atoms with E-state index in [2.05, 4.69) is 35.8 Å². The van der Waals surface area contributed by atoms with Crippen LogP contribution in [0.15, 0.2) is 29.2 Å². The van der Waals surface area contributed by atoms with Crippen LogP contribution in [0.4, 0.5) is 4.79 Å². The van der Waals surface area contributed by atoms with Gasteiger partial charge in [0.2, 0.25) is 0 Å². The van der Waals surface area contributed by atoms with Crippen LogP contribution in [0.1, 0.15) is 88.3 Å². The number of amides is 2. The van der Waals surface area contributed by atoms with Crippen molar-refractivity contribution in [2.24, 2.45) is 11.8 Å². The van der Waals surface area contributed by atoms with E-state index in [0.29, 0.717) is 22.9 Å². The molecule has 31 heavy (non-hydrogen) atoms. The summed E-state index contributed by atoms with van der Waals surface area (Å²) in [6.07, 6.45) is 15.2. The van der Waals surface area contributed by atoms with Gasteiger partial charge >= 0.3 is 0 Å². The Bertz CT molecular complexity index is 800. The number of benzene rings is 1. The summed E-state index contributed by atoms with van der Waals surface area (Å²) < 4.78 is 0. The molecule has 6 heteroatoms. The standard InChI is InChI=1S/C25H34N2O2S.ClH/c1-17(19-10-4-2-5-11-19)26-23(20-12-6-3-7-13-20)21-14-8-9-18(15-21)16-22-24(28)27-25(29)30-22;/h8-9,14-17,19-20,23,26H,2-7,10-13H2,1H3,(H,27,28,29);1H/t17-,23?;/m1./s1. The highest BCUT2D eigenvalue weighted by Crippen LogP contribution is 2.37. The molecule has 4 rings (SSSR count). The summed E-state index contributed by atoms with van der Waals surface area (Å²) in [6.45, 7) is 2.38. The van der Waals surface area contributed by atoms with E-state index >= 15 is 0 Å². The maximum atomic E-state index is 11.9. The average molecular weight is 463 g/mol. The molecule has 2 atom stereocenters. The van der Waals surface area contributed by atoms with Gasteiger partial charge in [-0.3, -0.25) is 14.9 Å². The van der Waals surface area contributed by atoms with Crippen molar-refractivity contribution in [1.82, 2.24) is 10.6 Å². The second-order valence-corrected chi connectivity index (χ2v) is 10.3. The normalized spacial score (nSPS) is 24.0. The smallest absolute Gasteiger partial charge is 0.290 e. The van der Waals surface area contributed by atoms with E-state index in [4.69, 9.17) is 0 Å². The van der Waals surface area contributed by atoms with E-state index < -0.39 is 0 Å². The molecule has 2 saturated carbocycles. The van der Waals surface area contributed by atoms with Crippen LogP contribution in [0.3, 0.4) is 0 Å². The Labute approximate surface area is 196 Å². The summed E-state index contributed by atoms with van der Waals surface area (Å²) in [7, 11) is 0. The summed E-state index contributed by atoms with van der Waals surface area (Å²) in [5.74, 6) is 1.15. The van der Waals surface area contributed by atoms with Gasteiger partial charge in [-0.15, -0.1) is 12.4 Å². The van der Waals surface area contributed by atoms with E-state index in [-0.39, 0.29) is 23.6 Å². The van der Waals surface area contributed by atoms with Gasteiger partial charge in [-0.05, 0) is 73.4 Å². The molecule has 0 radical (unpaired) electrons. The molecule has 0 bridgehead atoms. The molecule has 3 fully saturated rings. The van der Waals surface area contributed by atoms with Gasteiger partial charge in [0.1, 0.15) is 0 Å². The minimum Gasteiger partial charge on any atom is -0.307 e. The van der Waals surface area contributed by atoms with Crippen molar-refractivity contribution in [2.75, 3.05) is 0 Å². The fourth-order valence-corrected chi connectivity index (χ4v) is 6.12. The predicted molar refractivity (Wildman–Crippen MR) is 131 cm³/mol. The molecule has 0 spiro atoms. The lowest BCUT2D eigenvalue weighted by Gasteiger charge is -2.37. The van der Waals surface area contributed by atoms with Crippen LogP contribution in [0.25, 0.3) is 6.08 Å². The van der Waals surface area contributed by atoms with Crippen LogP contribution >= 0.6 is 24.2 Å². The topological polar surface area (TPSA) is 58.2 Å². The monoisotopic (exact) mass is 462 g/mol. The molecule has 1 aromatic carbocycles. The molecule has 1 aliphatic heterocycles. The van der Waals surface area contributed by atoms with Crippen LogP contribution in [0, 0.1) is 11.8 Å². The minimum atomic E-state index is -0.289. The number of thioether (sulfide) groups is 1. The first-order chi connectivity index (χ1) is 14.6. The van der Waals surface area contributed by atoms with Crippen LogP contribution in [0.5, 0.6) is 0 Å². The third-order valence-electron chi connectivity index (χ3n) is 7.13. The minimum absolute atomic E-state index is 0. The summed E-state index contributed by atoms with van der Waals surface area (Å²) in [5, 5.41) is 6.11. The van der Waals surface area contributed by atoms with Crippen molar-refractivity contribution < 1.29 is 9.59 Å². The van der Waals surface area contributed by atoms with Crippen molar-refractivity contribution in [1.29, 1.82) is 0 Å². The molecule has 4 nitrogen and oxygen atoms in total. The van der Waals surface area contributed by atoms with Crippen LogP contribution in [-0.2, 0) is 4.79 Å². The number of hydrogen-bond acceptors (Lipinski definition) is 4. The Kier molecular flexibility index (Phi) is 9.06. The lowest BCUT2D eigenvalue weighted by molar-refractivity contribution is -0.115. The van der Waals surface area contributed by atoms with E-state index in [1.165, 1.54) is 69.8 Å². The van der Waals surface area contributed by atoms with Gasteiger partial charge in [0.15, 0.2) is 0 Å². The summed E-state index contributed by atoms with van der Waals surface area (Å²) in [5.41, 5.74) is 2.31. The summed E-state index contributed by atoms with van der Waals surface area (Å²) in [4.78, 5) is 23.9. The zero-order valence-electron chi connectivity index (χ0n) is 18.4. The molecule has 1 unspecified atom stereocenters. The SMILES string of the molecule is C[C@@H](NC(c1cccc(C=C2SC(=O)NC2=O)c1)C1CCCCC1)C1CCCCC1.Cl.